The van der Waals surface area contributed by atoms with E-state index in [2.05, 4.69) is 24.3 Å². The maximum absolute atomic E-state index is 9.93. The zero-order chi connectivity index (χ0) is 24.4. The van der Waals surface area contributed by atoms with Crippen LogP contribution in [0.1, 0.15) is 47.9 Å². The molecule has 1 heterocycles. The number of phenolic OH excluding ortho intramolecular Hbond substituents is 2. The Morgan fingerprint density at radius 1 is 0.486 bits per heavy atom. The van der Waals surface area contributed by atoms with Crippen LogP contribution in [-0.2, 0) is 9.47 Å². The lowest BCUT2D eigenvalue weighted by atomic mass is 9.83. The molecule has 4 aromatic carbocycles. The highest BCUT2D eigenvalue weighted by molar-refractivity contribution is 5.48. The van der Waals surface area contributed by atoms with Gasteiger partial charge in [-0.3, -0.25) is 0 Å². The summed E-state index contributed by atoms with van der Waals surface area (Å²) in [7, 11) is 0. The summed E-state index contributed by atoms with van der Waals surface area (Å²) in [6.07, 6.45) is 0. The van der Waals surface area contributed by atoms with Crippen molar-refractivity contribution in [3.05, 3.63) is 143 Å². The molecule has 35 heavy (non-hydrogen) atoms. The molecule has 0 saturated carbocycles. The van der Waals surface area contributed by atoms with Crippen molar-refractivity contribution in [2.45, 2.75) is 31.5 Å². The molecule has 0 aliphatic carbocycles. The van der Waals surface area contributed by atoms with E-state index in [0.717, 1.165) is 33.8 Å². The number of benzene rings is 4. The van der Waals surface area contributed by atoms with Crippen molar-refractivity contribution >= 4 is 0 Å². The van der Waals surface area contributed by atoms with Gasteiger partial charge in [-0.15, -0.1) is 0 Å². The standard InChI is InChI=1S/C31H28O4/c1-31(2)34-29(27(21-9-5-3-6-10-21)23-13-17-25(32)18-14-23)30(35-31)28(22-11-7-4-8-12-22)24-15-19-26(33)20-16-24/h3-20,27-28,32-33H,1-2H3/t27-,28-/m1/s1. The van der Waals surface area contributed by atoms with Crippen molar-refractivity contribution in [2.75, 3.05) is 0 Å². The molecule has 5 rings (SSSR count). The van der Waals surface area contributed by atoms with Gasteiger partial charge >= 0.3 is 0 Å². The van der Waals surface area contributed by atoms with E-state index in [0.29, 0.717) is 0 Å². The Kier molecular flexibility index (Phi) is 5.96. The minimum absolute atomic E-state index is 0.213. The first-order valence-corrected chi connectivity index (χ1v) is 11.7. The van der Waals surface area contributed by atoms with Crippen molar-refractivity contribution < 1.29 is 19.7 Å². The molecule has 0 aromatic heterocycles. The molecule has 0 spiro atoms. The van der Waals surface area contributed by atoms with Crippen molar-refractivity contribution in [3.63, 3.8) is 0 Å². The van der Waals surface area contributed by atoms with E-state index in [-0.39, 0.29) is 23.3 Å². The highest BCUT2D eigenvalue weighted by Gasteiger charge is 2.42. The molecular formula is C31H28O4. The van der Waals surface area contributed by atoms with E-state index < -0.39 is 5.79 Å². The summed E-state index contributed by atoms with van der Waals surface area (Å²) in [5.41, 5.74) is 4.09. The van der Waals surface area contributed by atoms with Gasteiger partial charge < -0.3 is 19.7 Å². The largest absolute Gasteiger partial charge is 0.508 e. The zero-order valence-electron chi connectivity index (χ0n) is 19.8. The Labute approximate surface area is 205 Å². The molecule has 4 heteroatoms. The molecule has 176 valence electrons. The lowest BCUT2D eigenvalue weighted by molar-refractivity contribution is -0.126. The normalized spacial score (nSPS) is 16.3. The van der Waals surface area contributed by atoms with E-state index in [4.69, 9.17) is 9.47 Å². The third kappa shape index (κ3) is 4.73. The van der Waals surface area contributed by atoms with E-state index in [1.165, 1.54) is 0 Å². The molecular weight excluding hydrogens is 436 g/mol. The molecule has 0 unspecified atom stereocenters. The second-order valence-corrected chi connectivity index (χ2v) is 9.20. The van der Waals surface area contributed by atoms with Gasteiger partial charge in [0.05, 0.1) is 11.8 Å². The van der Waals surface area contributed by atoms with E-state index in [1.54, 1.807) is 24.3 Å². The van der Waals surface area contributed by atoms with Crippen molar-refractivity contribution in [1.29, 1.82) is 0 Å². The van der Waals surface area contributed by atoms with E-state index >= 15 is 0 Å². The van der Waals surface area contributed by atoms with Crippen LogP contribution in [0.25, 0.3) is 0 Å². The third-order valence-electron chi connectivity index (χ3n) is 6.20. The summed E-state index contributed by atoms with van der Waals surface area (Å²) in [4.78, 5) is 0. The Balaban J connectivity index is 1.75. The van der Waals surface area contributed by atoms with Crippen molar-refractivity contribution in [1.82, 2.24) is 0 Å². The number of allylic oxidation sites excluding steroid dienone is 2. The predicted octanol–water partition coefficient (Wildman–Crippen LogP) is 7.06. The van der Waals surface area contributed by atoms with Gasteiger partial charge in [-0.05, 0) is 46.5 Å². The molecule has 4 aromatic rings. The van der Waals surface area contributed by atoms with Crippen LogP contribution < -0.4 is 0 Å². The van der Waals surface area contributed by atoms with Crippen molar-refractivity contribution in [2.24, 2.45) is 0 Å². The Hall–Kier alpha value is -4.18. The van der Waals surface area contributed by atoms with Crippen molar-refractivity contribution in [3.8, 4) is 11.5 Å². The predicted molar refractivity (Wildman–Crippen MR) is 136 cm³/mol. The maximum atomic E-state index is 9.93. The summed E-state index contributed by atoms with van der Waals surface area (Å²) >= 11 is 0. The smallest absolute Gasteiger partial charge is 0.245 e. The second kappa shape index (κ2) is 9.22. The molecule has 0 fully saturated rings. The van der Waals surface area contributed by atoms with Crippen LogP contribution in [0, 0.1) is 0 Å². The number of hydrogen-bond acceptors (Lipinski definition) is 4. The molecule has 2 atom stereocenters. The van der Waals surface area contributed by atoms with Crippen LogP contribution in [-0.4, -0.2) is 16.0 Å². The molecule has 1 aliphatic heterocycles. The molecule has 4 nitrogen and oxygen atoms in total. The quantitative estimate of drug-likeness (QED) is 0.321. The first-order chi connectivity index (χ1) is 16.9. The fourth-order valence-electron chi connectivity index (χ4n) is 4.67. The highest BCUT2D eigenvalue weighted by atomic mass is 16.7. The van der Waals surface area contributed by atoms with Gasteiger partial charge in [0.15, 0.2) is 11.5 Å². The molecule has 2 N–H and O–H groups in total. The third-order valence-corrected chi connectivity index (χ3v) is 6.20. The van der Waals surface area contributed by atoms with Crippen LogP contribution >= 0.6 is 0 Å². The SMILES string of the molecule is CC1(C)OC([C@H](c2ccccc2)c2ccc(O)cc2)=C([C@H](c2ccccc2)c2ccc(O)cc2)O1. The van der Waals surface area contributed by atoms with Crippen LogP contribution in [0.3, 0.4) is 0 Å². The minimum Gasteiger partial charge on any atom is -0.508 e. The van der Waals surface area contributed by atoms with E-state index in [1.807, 2.05) is 74.5 Å². The Bertz CT molecular complexity index is 1210. The zero-order valence-corrected chi connectivity index (χ0v) is 19.8. The summed E-state index contributed by atoms with van der Waals surface area (Å²) in [5, 5.41) is 19.9. The molecule has 1 aliphatic rings. The summed E-state index contributed by atoms with van der Waals surface area (Å²) < 4.78 is 13.1. The Morgan fingerprint density at radius 3 is 1.14 bits per heavy atom. The van der Waals surface area contributed by atoms with Crippen LogP contribution in [0.15, 0.2) is 121 Å². The molecule has 0 amide bonds. The van der Waals surface area contributed by atoms with Gasteiger partial charge in [0.25, 0.3) is 0 Å². The van der Waals surface area contributed by atoms with Crippen LogP contribution in [0.2, 0.25) is 0 Å². The second-order valence-electron chi connectivity index (χ2n) is 9.20. The average Bonchev–Trinajstić information content (AvgIpc) is 3.17. The maximum Gasteiger partial charge on any atom is 0.245 e. The summed E-state index contributed by atoms with van der Waals surface area (Å²) in [6.45, 7) is 3.83. The summed E-state index contributed by atoms with van der Waals surface area (Å²) in [6, 6.07) is 34.8. The number of hydrogen-bond donors (Lipinski definition) is 2. The van der Waals surface area contributed by atoms with Gasteiger partial charge in [-0.1, -0.05) is 84.9 Å². The fourth-order valence-corrected chi connectivity index (χ4v) is 4.67. The fraction of sp³-hybridized carbons (Fsp3) is 0.161. The van der Waals surface area contributed by atoms with Gasteiger partial charge in [0.1, 0.15) is 11.5 Å². The number of phenols is 2. The van der Waals surface area contributed by atoms with E-state index in [9.17, 15) is 10.2 Å². The molecule has 0 saturated heterocycles. The summed E-state index contributed by atoms with van der Waals surface area (Å²) in [5.74, 6) is 0.546. The van der Waals surface area contributed by atoms with Gasteiger partial charge in [-0.2, -0.15) is 0 Å². The lowest BCUT2D eigenvalue weighted by Crippen LogP contribution is -2.22. The number of ether oxygens (including phenoxy) is 2. The topological polar surface area (TPSA) is 58.9 Å². The Morgan fingerprint density at radius 2 is 0.800 bits per heavy atom. The van der Waals surface area contributed by atoms with Crippen LogP contribution in [0.4, 0.5) is 0 Å². The number of rotatable bonds is 6. The average molecular weight is 465 g/mol. The molecule has 0 bridgehead atoms. The number of aromatic hydroxyl groups is 2. The minimum atomic E-state index is -0.863. The lowest BCUT2D eigenvalue weighted by Gasteiger charge is -2.23. The van der Waals surface area contributed by atoms with Crippen LogP contribution in [0.5, 0.6) is 11.5 Å². The van der Waals surface area contributed by atoms with Gasteiger partial charge in [-0.25, -0.2) is 0 Å². The molecule has 0 radical (unpaired) electrons. The van der Waals surface area contributed by atoms with Gasteiger partial charge in [0.2, 0.25) is 5.79 Å². The van der Waals surface area contributed by atoms with Gasteiger partial charge in [0, 0.05) is 13.8 Å². The monoisotopic (exact) mass is 464 g/mol. The highest BCUT2D eigenvalue weighted by Crippen LogP contribution is 2.48. The first kappa shape index (κ1) is 22.6. The first-order valence-electron chi connectivity index (χ1n) is 11.7.